The summed E-state index contributed by atoms with van der Waals surface area (Å²) in [6.07, 6.45) is 1.24. The molecule has 4 heteroatoms. The summed E-state index contributed by atoms with van der Waals surface area (Å²) in [5.74, 6) is 0.461. The number of pyridine rings is 1. The van der Waals surface area contributed by atoms with Crippen LogP contribution in [0, 0.1) is 12.7 Å². The van der Waals surface area contributed by atoms with Gasteiger partial charge in [-0.1, -0.05) is 17.7 Å². The molecule has 0 amide bonds. The number of aromatic nitrogens is 1. The standard InChI is InChI=1S/C17H21FN2O/c1-11(2)20-17(15-7-6-13(18)10-19-15)14-9-12(3)5-8-16(14)21-4/h5-11,17,20H,1-4H3. The highest BCUT2D eigenvalue weighted by Crippen LogP contribution is 2.30. The van der Waals surface area contributed by atoms with E-state index in [9.17, 15) is 4.39 Å². The van der Waals surface area contributed by atoms with Crippen LogP contribution >= 0.6 is 0 Å². The SMILES string of the molecule is COc1ccc(C)cc1C(NC(C)C)c1ccc(F)cn1. The molecule has 1 unspecified atom stereocenters. The van der Waals surface area contributed by atoms with E-state index in [2.05, 4.69) is 30.2 Å². The Kier molecular flexibility index (Phi) is 4.91. The summed E-state index contributed by atoms with van der Waals surface area (Å²) in [7, 11) is 1.65. The lowest BCUT2D eigenvalue weighted by Gasteiger charge is -2.23. The van der Waals surface area contributed by atoms with Crippen LogP contribution in [-0.2, 0) is 0 Å². The second-order valence-corrected chi connectivity index (χ2v) is 5.40. The lowest BCUT2D eigenvalue weighted by Crippen LogP contribution is -2.30. The number of hydrogen-bond acceptors (Lipinski definition) is 3. The van der Waals surface area contributed by atoms with Crippen molar-refractivity contribution in [2.24, 2.45) is 0 Å². The van der Waals surface area contributed by atoms with Gasteiger partial charge in [-0.25, -0.2) is 4.39 Å². The zero-order chi connectivity index (χ0) is 15.4. The molecular weight excluding hydrogens is 267 g/mol. The Hall–Kier alpha value is -1.94. The zero-order valence-electron chi connectivity index (χ0n) is 12.9. The van der Waals surface area contributed by atoms with Gasteiger partial charge in [0.1, 0.15) is 11.6 Å². The molecule has 0 bridgehead atoms. The van der Waals surface area contributed by atoms with Gasteiger partial charge in [0.05, 0.1) is 25.0 Å². The van der Waals surface area contributed by atoms with Crippen molar-refractivity contribution < 1.29 is 9.13 Å². The summed E-state index contributed by atoms with van der Waals surface area (Å²) in [5.41, 5.74) is 2.92. The van der Waals surface area contributed by atoms with Gasteiger partial charge >= 0.3 is 0 Å². The van der Waals surface area contributed by atoms with Crippen molar-refractivity contribution in [3.8, 4) is 5.75 Å². The molecule has 0 aliphatic rings. The van der Waals surface area contributed by atoms with Crippen molar-refractivity contribution >= 4 is 0 Å². The fraction of sp³-hybridized carbons (Fsp3) is 0.353. The Morgan fingerprint density at radius 3 is 2.52 bits per heavy atom. The van der Waals surface area contributed by atoms with E-state index in [0.717, 1.165) is 22.6 Å². The van der Waals surface area contributed by atoms with E-state index in [-0.39, 0.29) is 17.9 Å². The largest absolute Gasteiger partial charge is 0.496 e. The van der Waals surface area contributed by atoms with Crippen LogP contribution in [0.25, 0.3) is 0 Å². The number of methoxy groups -OCH3 is 1. The predicted molar refractivity (Wildman–Crippen MR) is 82.0 cm³/mol. The van der Waals surface area contributed by atoms with E-state index >= 15 is 0 Å². The Morgan fingerprint density at radius 1 is 1.19 bits per heavy atom. The average Bonchev–Trinajstić information content (AvgIpc) is 2.45. The van der Waals surface area contributed by atoms with E-state index in [1.165, 1.54) is 12.3 Å². The first-order valence-corrected chi connectivity index (χ1v) is 7.03. The van der Waals surface area contributed by atoms with Crippen LogP contribution in [-0.4, -0.2) is 18.1 Å². The summed E-state index contributed by atoms with van der Waals surface area (Å²) >= 11 is 0. The fourth-order valence-corrected chi connectivity index (χ4v) is 2.31. The normalized spacial score (nSPS) is 12.5. The molecule has 2 aromatic rings. The van der Waals surface area contributed by atoms with Gasteiger partial charge in [-0.05, 0) is 39.0 Å². The second-order valence-electron chi connectivity index (χ2n) is 5.40. The van der Waals surface area contributed by atoms with Gasteiger partial charge in [-0.15, -0.1) is 0 Å². The molecule has 0 spiro atoms. The van der Waals surface area contributed by atoms with E-state index < -0.39 is 0 Å². The van der Waals surface area contributed by atoms with Crippen molar-refractivity contribution in [3.63, 3.8) is 0 Å². The number of aryl methyl sites for hydroxylation is 1. The van der Waals surface area contributed by atoms with E-state index in [0.29, 0.717) is 0 Å². The fourth-order valence-electron chi connectivity index (χ4n) is 2.31. The molecule has 1 atom stereocenters. The molecule has 1 N–H and O–H groups in total. The topological polar surface area (TPSA) is 34.1 Å². The first kappa shape index (κ1) is 15.4. The molecule has 1 heterocycles. The summed E-state index contributed by atoms with van der Waals surface area (Å²) in [6, 6.07) is 9.28. The van der Waals surface area contributed by atoms with Gasteiger partial charge in [-0.2, -0.15) is 0 Å². The minimum Gasteiger partial charge on any atom is -0.496 e. The Bertz CT molecular complexity index is 596. The third-order valence-corrected chi connectivity index (χ3v) is 3.24. The monoisotopic (exact) mass is 288 g/mol. The van der Waals surface area contributed by atoms with Crippen LogP contribution < -0.4 is 10.1 Å². The molecule has 0 aliphatic carbocycles. The predicted octanol–water partition coefficient (Wildman–Crippen LogP) is 3.63. The van der Waals surface area contributed by atoms with Gasteiger partial charge < -0.3 is 10.1 Å². The van der Waals surface area contributed by atoms with Crippen LogP contribution in [0.4, 0.5) is 4.39 Å². The van der Waals surface area contributed by atoms with Gasteiger partial charge in [0.15, 0.2) is 0 Å². The molecule has 0 radical (unpaired) electrons. The molecule has 21 heavy (non-hydrogen) atoms. The summed E-state index contributed by atoms with van der Waals surface area (Å²) in [4.78, 5) is 4.22. The zero-order valence-corrected chi connectivity index (χ0v) is 12.9. The molecule has 0 saturated heterocycles. The lowest BCUT2D eigenvalue weighted by atomic mass is 9.99. The maximum atomic E-state index is 13.1. The van der Waals surface area contributed by atoms with E-state index in [1.807, 2.05) is 19.1 Å². The van der Waals surface area contributed by atoms with Crippen molar-refractivity contribution in [2.75, 3.05) is 7.11 Å². The molecule has 1 aromatic carbocycles. The van der Waals surface area contributed by atoms with Gasteiger partial charge in [-0.3, -0.25) is 4.98 Å². The minimum absolute atomic E-state index is 0.138. The van der Waals surface area contributed by atoms with Crippen LogP contribution in [0.3, 0.4) is 0 Å². The number of halogens is 1. The highest BCUT2D eigenvalue weighted by Gasteiger charge is 2.20. The van der Waals surface area contributed by atoms with Gasteiger partial charge in [0, 0.05) is 11.6 Å². The van der Waals surface area contributed by atoms with Crippen molar-refractivity contribution in [1.29, 1.82) is 0 Å². The second kappa shape index (κ2) is 6.68. The summed E-state index contributed by atoms with van der Waals surface area (Å²) in [6.45, 7) is 6.17. The lowest BCUT2D eigenvalue weighted by molar-refractivity contribution is 0.400. The quantitative estimate of drug-likeness (QED) is 0.912. The van der Waals surface area contributed by atoms with Crippen molar-refractivity contribution in [1.82, 2.24) is 10.3 Å². The average molecular weight is 288 g/mol. The van der Waals surface area contributed by atoms with E-state index in [1.54, 1.807) is 13.2 Å². The number of nitrogens with zero attached hydrogens (tertiary/aromatic N) is 1. The summed E-state index contributed by atoms with van der Waals surface area (Å²) in [5, 5.41) is 3.47. The Labute approximate surface area is 125 Å². The number of nitrogens with one attached hydrogen (secondary N) is 1. The Morgan fingerprint density at radius 2 is 1.95 bits per heavy atom. The molecule has 3 nitrogen and oxygen atoms in total. The van der Waals surface area contributed by atoms with Crippen molar-refractivity contribution in [3.05, 3.63) is 59.2 Å². The highest BCUT2D eigenvalue weighted by molar-refractivity contribution is 5.42. The maximum Gasteiger partial charge on any atom is 0.141 e. The van der Waals surface area contributed by atoms with Crippen molar-refractivity contribution in [2.45, 2.75) is 32.9 Å². The third kappa shape index (κ3) is 3.79. The van der Waals surface area contributed by atoms with Crippen LogP contribution in [0.2, 0.25) is 0 Å². The summed E-state index contributed by atoms with van der Waals surface area (Å²) < 4.78 is 18.6. The molecule has 112 valence electrons. The number of hydrogen-bond donors (Lipinski definition) is 1. The Balaban J connectivity index is 2.49. The first-order chi connectivity index (χ1) is 10.0. The molecule has 0 fully saturated rings. The van der Waals surface area contributed by atoms with Crippen LogP contribution in [0.5, 0.6) is 5.75 Å². The first-order valence-electron chi connectivity index (χ1n) is 7.03. The smallest absolute Gasteiger partial charge is 0.141 e. The molecule has 2 rings (SSSR count). The molecule has 1 aromatic heterocycles. The minimum atomic E-state index is -0.335. The molecule has 0 saturated carbocycles. The van der Waals surface area contributed by atoms with Crippen LogP contribution in [0.15, 0.2) is 36.5 Å². The third-order valence-electron chi connectivity index (χ3n) is 3.24. The van der Waals surface area contributed by atoms with Crippen LogP contribution in [0.1, 0.15) is 36.7 Å². The van der Waals surface area contributed by atoms with E-state index in [4.69, 9.17) is 4.74 Å². The van der Waals surface area contributed by atoms with Gasteiger partial charge in [0.2, 0.25) is 0 Å². The molecule has 0 aliphatic heterocycles. The van der Waals surface area contributed by atoms with Gasteiger partial charge in [0.25, 0.3) is 0 Å². The molecular formula is C17H21FN2O. The highest BCUT2D eigenvalue weighted by atomic mass is 19.1. The maximum absolute atomic E-state index is 13.1. The number of benzene rings is 1. The number of ether oxygens (including phenoxy) is 1. The number of rotatable bonds is 5.